The van der Waals surface area contributed by atoms with E-state index in [0.717, 1.165) is 11.1 Å². The number of hydrogen-bond acceptors (Lipinski definition) is 5. The maximum Gasteiger partial charge on any atom is 0.252 e. The molecule has 128 valence electrons. The van der Waals surface area contributed by atoms with Crippen LogP contribution in [0.15, 0.2) is 53.1 Å². The van der Waals surface area contributed by atoms with Crippen LogP contribution in [0.5, 0.6) is 5.75 Å². The summed E-state index contributed by atoms with van der Waals surface area (Å²) in [6.07, 6.45) is 0. The molecule has 0 spiro atoms. The third-order valence-corrected chi connectivity index (χ3v) is 3.88. The summed E-state index contributed by atoms with van der Waals surface area (Å²) in [7, 11) is 1.56. The summed E-state index contributed by atoms with van der Waals surface area (Å²) in [5, 5.41) is 6.87. The topological polar surface area (TPSA) is 77.2 Å². The van der Waals surface area contributed by atoms with Crippen LogP contribution in [0.2, 0.25) is 0 Å². The fourth-order valence-corrected chi connectivity index (χ4v) is 2.45. The summed E-state index contributed by atoms with van der Waals surface area (Å²) >= 11 is 0. The second-order valence-corrected chi connectivity index (χ2v) is 5.70. The van der Waals surface area contributed by atoms with Gasteiger partial charge in [0.15, 0.2) is 0 Å². The molecule has 0 radical (unpaired) electrons. The minimum absolute atomic E-state index is 0.234. The highest BCUT2D eigenvalue weighted by Crippen LogP contribution is 2.22. The fraction of sp³-hybridized carbons (Fsp3) is 0.211. The zero-order chi connectivity index (χ0) is 17.8. The summed E-state index contributed by atoms with van der Waals surface area (Å²) < 4.78 is 10.5. The van der Waals surface area contributed by atoms with Crippen molar-refractivity contribution in [2.45, 2.75) is 19.9 Å². The molecular formula is C19H19N3O3. The lowest BCUT2D eigenvalue weighted by atomic mass is 10.1. The van der Waals surface area contributed by atoms with Gasteiger partial charge in [0, 0.05) is 11.1 Å². The molecule has 0 saturated heterocycles. The summed E-state index contributed by atoms with van der Waals surface area (Å²) in [5.41, 5.74) is 2.47. The van der Waals surface area contributed by atoms with E-state index >= 15 is 0 Å². The highest BCUT2D eigenvalue weighted by molar-refractivity contribution is 5.94. The Morgan fingerprint density at radius 3 is 2.76 bits per heavy atom. The van der Waals surface area contributed by atoms with Gasteiger partial charge in [-0.2, -0.15) is 4.98 Å². The Labute approximate surface area is 145 Å². The molecule has 2 aromatic carbocycles. The monoisotopic (exact) mass is 337 g/mol. The number of ether oxygens (including phenoxy) is 1. The number of aromatic nitrogens is 2. The number of benzene rings is 2. The van der Waals surface area contributed by atoms with Crippen molar-refractivity contribution in [3.63, 3.8) is 0 Å². The van der Waals surface area contributed by atoms with Crippen molar-refractivity contribution in [3.05, 3.63) is 65.5 Å². The van der Waals surface area contributed by atoms with Gasteiger partial charge in [0.25, 0.3) is 5.91 Å². The zero-order valence-electron chi connectivity index (χ0n) is 14.3. The van der Waals surface area contributed by atoms with Gasteiger partial charge in [0.05, 0.1) is 7.11 Å². The van der Waals surface area contributed by atoms with Gasteiger partial charge in [0.2, 0.25) is 11.7 Å². The predicted molar refractivity (Wildman–Crippen MR) is 93.3 cm³/mol. The molecule has 1 heterocycles. The first-order chi connectivity index (χ1) is 12.1. The number of nitrogens with zero attached hydrogens (tertiary/aromatic N) is 2. The van der Waals surface area contributed by atoms with E-state index < -0.39 is 6.04 Å². The van der Waals surface area contributed by atoms with Crippen LogP contribution >= 0.6 is 0 Å². The average Bonchev–Trinajstić information content (AvgIpc) is 3.12. The maximum atomic E-state index is 12.4. The summed E-state index contributed by atoms with van der Waals surface area (Å²) in [6.45, 7) is 3.78. The van der Waals surface area contributed by atoms with E-state index in [4.69, 9.17) is 9.26 Å². The number of hydrogen-bond donors (Lipinski definition) is 1. The number of rotatable bonds is 5. The van der Waals surface area contributed by atoms with Crippen molar-refractivity contribution in [2.24, 2.45) is 0 Å². The van der Waals surface area contributed by atoms with Gasteiger partial charge in [-0.25, -0.2) is 0 Å². The Bertz CT molecular complexity index is 889. The number of nitrogens with one attached hydrogen (secondary N) is 1. The first kappa shape index (κ1) is 16.7. The number of aryl methyl sites for hydroxylation is 1. The van der Waals surface area contributed by atoms with Crippen LogP contribution in [-0.4, -0.2) is 23.2 Å². The third-order valence-electron chi connectivity index (χ3n) is 3.88. The van der Waals surface area contributed by atoms with Crippen molar-refractivity contribution in [1.82, 2.24) is 15.5 Å². The Balaban J connectivity index is 1.74. The van der Waals surface area contributed by atoms with Crippen LogP contribution in [0.1, 0.15) is 34.8 Å². The normalized spacial score (nSPS) is 11.8. The van der Waals surface area contributed by atoms with Crippen molar-refractivity contribution >= 4 is 5.91 Å². The zero-order valence-corrected chi connectivity index (χ0v) is 14.3. The van der Waals surface area contributed by atoms with Crippen LogP contribution in [0.3, 0.4) is 0 Å². The van der Waals surface area contributed by atoms with Crippen LogP contribution in [0.4, 0.5) is 0 Å². The summed E-state index contributed by atoms with van der Waals surface area (Å²) in [6, 6.07) is 14.3. The van der Waals surface area contributed by atoms with E-state index in [1.807, 2.05) is 31.2 Å². The maximum absolute atomic E-state index is 12.4. The second kappa shape index (κ2) is 7.17. The Morgan fingerprint density at radius 1 is 1.20 bits per heavy atom. The first-order valence-electron chi connectivity index (χ1n) is 7.93. The molecule has 0 aliphatic rings. The summed E-state index contributed by atoms with van der Waals surface area (Å²) in [4.78, 5) is 16.8. The molecular weight excluding hydrogens is 318 g/mol. The fourth-order valence-electron chi connectivity index (χ4n) is 2.45. The molecule has 0 bridgehead atoms. The standard InChI is InChI=1S/C19H19N3O3/c1-12-7-4-5-10-16(12)17-21-19(25-22-17)13(2)20-18(23)14-8-6-9-15(11-14)24-3/h4-11,13H,1-3H3,(H,20,23)/t13-/m0/s1. The van der Waals surface area contributed by atoms with Crippen LogP contribution in [0.25, 0.3) is 11.4 Å². The van der Waals surface area contributed by atoms with Gasteiger partial charge in [-0.3, -0.25) is 4.79 Å². The number of carbonyl (C=O) groups is 1. The largest absolute Gasteiger partial charge is 0.497 e. The van der Waals surface area contributed by atoms with E-state index in [1.165, 1.54) is 0 Å². The van der Waals surface area contributed by atoms with Gasteiger partial charge >= 0.3 is 0 Å². The quantitative estimate of drug-likeness (QED) is 0.770. The molecule has 1 atom stereocenters. The molecule has 6 nitrogen and oxygen atoms in total. The lowest BCUT2D eigenvalue weighted by Gasteiger charge is -2.10. The molecule has 0 unspecified atom stereocenters. The van der Waals surface area contributed by atoms with Crippen LogP contribution < -0.4 is 10.1 Å². The van der Waals surface area contributed by atoms with Crippen LogP contribution in [-0.2, 0) is 0 Å². The molecule has 1 amide bonds. The van der Waals surface area contributed by atoms with Crippen LogP contribution in [0, 0.1) is 6.92 Å². The molecule has 1 N–H and O–H groups in total. The van der Waals surface area contributed by atoms with E-state index in [2.05, 4.69) is 15.5 Å². The molecule has 25 heavy (non-hydrogen) atoms. The number of methoxy groups -OCH3 is 1. The molecule has 3 aromatic rings. The van der Waals surface area contributed by atoms with Gasteiger partial charge < -0.3 is 14.6 Å². The highest BCUT2D eigenvalue weighted by atomic mass is 16.5. The summed E-state index contributed by atoms with van der Waals surface area (Å²) in [5.74, 6) is 1.26. The van der Waals surface area contributed by atoms with Gasteiger partial charge in [-0.05, 0) is 37.6 Å². The lowest BCUT2D eigenvalue weighted by molar-refractivity contribution is 0.0932. The average molecular weight is 337 g/mol. The minimum Gasteiger partial charge on any atom is -0.497 e. The van der Waals surface area contributed by atoms with Crippen molar-refractivity contribution < 1.29 is 14.1 Å². The minimum atomic E-state index is -0.413. The van der Waals surface area contributed by atoms with Gasteiger partial charge in [0.1, 0.15) is 11.8 Å². The van der Waals surface area contributed by atoms with Crippen molar-refractivity contribution in [3.8, 4) is 17.1 Å². The molecule has 0 aliphatic heterocycles. The Kier molecular flexibility index (Phi) is 4.79. The smallest absolute Gasteiger partial charge is 0.252 e. The third kappa shape index (κ3) is 3.68. The Hall–Kier alpha value is -3.15. The molecule has 0 fully saturated rings. The van der Waals surface area contributed by atoms with E-state index in [-0.39, 0.29) is 5.91 Å². The molecule has 3 rings (SSSR count). The lowest BCUT2D eigenvalue weighted by Crippen LogP contribution is -2.26. The number of carbonyl (C=O) groups excluding carboxylic acids is 1. The van der Waals surface area contributed by atoms with Crippen molar-refractivity contribution in [1.29, 1.82) is 0 Å². The van der Waals surface area contributed by atoms with Gasteiger partial charge in [-0.15, -0.1) is 0 Å². The molecule has 0 saturated carbocycles. The van der Waals surface area contributed by atoms with Gasteiger partial charge in [-0.1, -0.05) is 35.5 Å². The second-order valence-electron chi connectivity index (χ2n) is 5.70. The predicted octanol–water partition coefficient (Wildman–Crippen LogP) is 3.54. The van der Waals surface area contributed by atoms with Crippen molar-refractivity contribution in [2.75, 3.05) is 7.11 Å². The molecule has 0 aliphatic carbocycles. The molecule has 6 heteroatoms. The SMILES string of the molecule is COc1cccc(C(=O)N[C@@H](C)c2nc(-c3ccccc3C)no2)c1. The molecule has 1 aromatic heterocycles. The first-order valence-corrected chi connectivity index (χ1v) is 7.93. The van der Waals surface area contributed by atoms with E-state index in [9.17, 15) is 4.79 Å². The highest BCUT2D eigenvalue weighted by Gasteiger charge is 2.19. The Morgan fingerprint density at radius 2 is 2.00 bits per heavy atom. The number of amides is 1. The van der Waals surface area contributed by atoms with E-state index in [0.29, 0.717) is 23.0 Å². The van der Waals surface area contributed by atoms with E-state index in [1.54, 1.807) is 38.3 Å².